The van der Waals surface area contributed by atoms with Crippen LogP contribution < -0.4 is 20.1 Å². The molecule has 2 aromatic rings. The molecule has 6 rings (SSSR count). The molecule has 4 aliphatic heterocycles. The summed E-state index contributed by atoms with van der Waals surface area (Å²) in [5, 5.41) is 5.56. The number of imide groups is 1. The van der Waals surface area contributed by atoms with Gasteiger partial charge in [0.25, 0.3) is 17.7 Å². The lowest BCUT2D eigenvalue weighted by Gasteiger charge is -2.37. The zero-order valence-corrected chi connectivity index (χ0v) is 25.0. The van der Waals surface area contributed by atoms with Gasteiger partial charge in [-0.05, 0) is 50.5 Å². The Balaban J connectivity index is 1.37. The molecular weight excluding hydrogens is 575 g/mol. The van der Waals surface area contributed by atoms with E-state index in [-0.39, 0.29) is 30.3 Å². The van der Waals surface area contributed by atoms with Crippen LogP contribution in [0.5, 0.6) is 11.5 Å². The molecule has 0 saturated carbocycles. The van der Waals surface area contributed by atoms with Crippen LogP contribution in [-0.4, -0.2) is 78.1 Å². The maximum atomic E-state index is 15.2. The molecule has 1 saturated heterocycles. The average Bonchev–Trinajstić information content (AvgIpc) is 3.55. The van der Waals surface area contributed by atoms with Crippen LogP contribution in [0.2, 0.25) is 0 Å². The van der Waals surface area contributed by atoms with Crippen molar-refractivity contribution in [3.05, 3.63) is 57.9 Å². The molecule has 4 aliphatic rings. The Morgan fingerprint density at radius 2 is 1.91 bits per heavy atom. The molecule has 1 fully saturated rings. The van der Waals surface area contributed by atoms with Crippen molar-refractivity contribution >= 4 is 29.7 Å². The molecule has 0 aromatic heterocycles. The highest BCUT2D eigenvalue weighted by atomic mass is 19.1. The van der Waals surface area contributed by atoms with Gasteiger partial charge < -0.3 is 29.7 Å². The fraction of sp³-hybridized carbons (Fsp3) is 0.452. The van der Waals surface area contributed by atoms with E-state index in [9.17, 15) is 24.0 Å². The van der Waals surface area contributed by atoms with Gasteiger partial charge in [-0.15, -0.1) is 0 Å². The van der Waals surface area contributed by atoms with Gasteiger partial charge in [0, 0.05) is 30.1 Å². The van der Waals surface area contributed by atoms with Crippen LogP contribution in [0.1, 0.15) is 71.0 Å². The third-order valence-electron chi connectivity index (χ3n) is 8.70. The number of benzene rings is 2. The highest BCUT2D eigenvalue weighted by Gasteiger charge is 2.62. The van der Waals surface area contributed by atoms with Crippen molar-refractivity contribution in [1.29, 1.82) is 0 Å². The van der Waals surface area contributed by atoms with Crippen LogP contribution in [0.25, 0.3) is 0 Å². The van der Waals surface area contributed by atoms with Crippen molar-refractivity contribution < 1.29 is 42.6 Å². The number of halogens is 1. The predicted octanol–water partition coefficient (Wildman–Crippen LogP) is 2.48. The van der Waals surface area contributed by atoms with Gasteiger partial charge >= 0.3 is 12.0 Å². The zero-order chi connectivity index (χ0) is 31.7. The quantitative estimate of drug-likeness (QED) is 0.376. The largest absolute Gasteiger partial charge is 0.494 e. The molecule has 0 aliphatic carbocycles. The Bertz CT molecular complexity index is 1640. The number of hydrogen-bond donors (Lipinski definition) is 2. The zero-order valence-electron chi connectivity index (χ0n) is 25.0. The number of esters is 1. The minimum absolute atomic E-state index is 0.0263. The first kappa shape index (κ1) is 29.4. The number of carbonyl (C=O) groups is 5. The van der Waals surface area contributed by atoms with Crippen LogP contribution in [-0.2, 0) is 27.3 Å². The highest BCUT2D eigenvalue weighted by Crippen LogP contribution is 2.46. The number of rotatable bonds is 6. The van der Waals surface area contributed by atoms with Crippen LogP contribution in [0.15, 0.2) is 24.3 Å². The number of hydrogen-bond acceptors (Lipinski definition) is 8. The minimum atomic E-state index is -1.84. The van der Waals surface area contributed by atoms with E-state index in [1.165, 1.54) is 18.1 Å². The number of urea groups is 1. The van der Waals surface area contributed by atoms with Crippen molar-refractivity contribution in [3.8, 4) is 11.5 Å². The van der Waals surface area contributed by atoms with Crippen LogP contribution in [0.3, 0.4) is 0 Å². The molecule has 12 nitrogen and oxygen atoms in total. The first-order valence-corrected chi connectivity index (χ1v) is 14.3. The number of fused-ring (bicyclic) bond motifs is 3. The van der Waals surface area contributed by atoms with Gasteiger partial charge in [0.15, 0.2) is 23.8 Å². The summed E-state index contributed by atoms with van der Waals surface area (Å²) in [6.45, 7) is 6.21. The van der Waals surface area contributed by atoms with Crippen LogP contribution in [0.4, 0.5) is 9.18 Å². The van der Waals surface area contributed by atoms with E-state index in [0.29, 0.717) is 29.8 Å². The van der Waals surface area contributed by atoms with E-state index in [4.69, 9.17) is 14.2 Å². The average molecular weight is 609 g/mol. The lowest BCUT2D eigenvalue weighted by atomic mass is 9.81. The van der Waals surface area contributed by atoms with Crippen molar-refractivity contribution in [2.75, 3.05) is 26.9 Å². The van der Waals surface area contributed by atoms with Gasteiger partial charge in [-0.25, -0.2) is 14.1 Å². The van der Waals surface area contributed by atoms with E-state index < -0.39 is 59.3 Å². The lowest BCUT2D eigenvalue weighted by molar-refractivity contribution is -0.159. The summed E-state index contributed by atoms with van der Waals surface area (Å²) in [6, 6.07) is 5.68. The first-order valence-electron chi connectivity index (χ1n) is 14.3. The SMILES string of the molecule is COc1ccc2c(c1F)C(=O)N(C[C@@]1(C3Oc4cc5c(cc4C3C)CCNC5=O)NC(=O)N(COC(=O)C(C)(C)C)C1=O)C2. The van der Waals surface area contributed by atoms with Crippen molar-refractivity contribution in [2.45, 2.75) is 58.2 Å². The maximum Gasteiger partial charge on any atom is 0.327 e. The van der Waals surface area contributed by atoms with Gasteiger partial charge in [-0.1, -0.05) is 19.1 Å². The van der Waals surface area contributed by atoms with E-state index in [1.807, 2.05) is 13.0 Å². The summed E-state index contributed by atoms with van der Waals surface area (Å²) < 4.78 is 31.9. The fourth-order valence-electron chi connectivity index (χ4n) is 6.33. The molecule has 2 unspecified atom stereocenters. The molecule has 44 heavy (non-hydrogen) atoms. The minimum Gasteiger partial charge on any atom is -0.494 e. The number of amides is 5. The third-order valence-corrected chi connectivity index (χ3v) is 8.70. The smallest absolute Gasteiger partial charge is 0.327 e. The molecule has 5 amide bonds. The van der Waals surface area contributed by atoms with Gasteiger partial charge in [0.2, 0.25) is 0 Å². The molecule has 0 spiro atoms. The molecule has 4 heterocycles. The van der Waals surface area contributed by atoms with Crippen LogP contribution in [0, 0.1) is 11.2 Å². The van der Waals surface area contributed by atoms with E-state index >= 15 is 4.39 Å². The number of carbonyl (C=O) groups excluding carboxylic acids is 5. The second kappa shape index (κ2) is 10.2. The summed E-state index contributed by atoms with van der Waals surface area (Å²) in [6.07, 6.45) is -0.408. The van der Waals surface area contributed by atoms with Crippen molar-refractivity contribution in [1.82, 2.24) is 20.4 Å². The second-order valence-corrected chi connectivity index (χ2v) is 12.6. The number of ether oxygens (including phenoxy) is 3. The summed E-state index contributed by atoms with van der Waals surface area (Å²) in [5.74, 6) is -3.30. The van der Waals surface area contributed by atoms with E-state index in [1.54, 1.807) is 32.9 Å². The number of nitrogens with one attached hydrogen (secondary N) is 2. The summed E-state index contributed by atoms with van der Waals surface area (Å²) in [5.41, 5.74) is -0.452. The molecule has 0 radical (unpaired) electrons. The summed E-state index contributed by atoms with van der Waals surface area (Å²) >= 11 is 0. The predicted molar refractivity (Wildman–Crippen MR) is 152 cm³/mol. The summed E-state index contributed by atoms with van der Waals surface area (Å²) in [7, 11) is 1.29. The maximum absolute atomic E-state index is 15.2. The van der Waals surface area contributed by atoms with E-state index in [2.05, 4.69) is 10.6 Å². The van der Waals surface area contributed by atoms with Gasteiger partial charge in [-0.3, -0.25) is 19.2 Å². The normalized spacial score (nSPS) is 24.0. The van der Waals surface area contributed by atoms with Crippen molar-refractivity contribution in [3.63, 3.8) is 0 Å². The Hall–Kier alpha value is -4.68. The molecule has 232 valence electrons. The number of methoxy groups -OCH3 is 1. The summed E-state index contributed by atoms with van der Waals surface area (Å²) in [4.78, 5) is 68.3. The Morgan fingerprint density at radius 1 is 1.16 bits per heavy atom. The van der Waals surface area contributed by atoms with E-state index in [0.717, 1.165) is 16.0 Å². The fourth-order valence-corrected chi connectivity index (χ4v) is 6.33. The molecular formula is C31H33FN4O8. The van der Waals surface area contributed by atoms with Crippen molar-refractivity contribution in [2.24, 2.45) is 5.41 Å². The second-order valence-electron chi connectivity index (χ2n) is 12.6. The molecule has 0 bridgehead atoms. The third kappa shape index (κ3) is 4.44. The topological polar surface area (TPSA) is 144 Å². The highest BCUT2D eigenvalue weighted by molar-refractivity contribution is 6.09. The Labute approximate surface area is 252 Å². The molecule has 13 heteroatoms. The Kier molecular flexibility index (Phi) is 6.82. The Morgan fingerprint density at radius 3 is 2.61 bits per heavy atom. The lowest BCUT2D eigenvalue weighted by Crippen LogP contribution is -2.64. The standard InChI is InChI=1S/C31H33FN4O8/c1-15-18-10-16-8-9-33-25(37)19(16)11-21(18)44-24(15)31(27(39)36(29(41)34-31)14-43-28(40)30(2,3)4)13-35-12-17-6-7-20(42-5)23(32)22(17)26(35)38/h6-7,10-11,15,24H,8-9,12-14H2,1-5H3,(H,33,37)(H,34,41)/t15?,24?,31-/m0/s1. The monoisotopic (exact) mass is 608 g/mol. The molecule has 3 atom stereocenters. The van der Waals surface area contributed by atoms with Gasteiger partial charge in [0.1, 0.15) is 11.9 Å². The van der Waals surface area contributed by atoms with Crippen LogP contribution >= 0.6 is 0 Å². The molecule has 2 aromatic carbocycles. The molecule has 2 N–H and O–H groups in total. The number of nitrogens with zero attached hydrogens (tertiary/aromatic N) is 2. The van der Waals surface area contributed by atoms with Gasteiger partial charge in [0.05, 0.1) is 24.6 Å². The first-order chi connectivity index (χ1) is 20.8. The van der Waals surface area contributed by atoms with Gasteiger partial charge in [-0.2, -0.15) is 0 Å².